The van der Waals surface area contributed by atoms with Crippen molar-refractivity contribution in [2.45, 2.75) is 11.8 Å². The zero-order chi connectivity index (χ0) is 14.0. The maximum atomic E-state index is 13.0. The number of rotatable bonds is 5. The third-order valence-electron chi connectivity index (χ3n) is 1.83. The Balaban J connectivity index is 3.28. The van der Waals surface area contributed by atoms with E-state index in [1.54, 1.807) is 0 Å². The molecule has 0 heterocycles. The van der Waals surface area contributed by atoms with Crippen molar-refractivity contribution in [1.29, 1.82) is 0 Å². The summed E-state index contributed by atoms with van der Waals surface area (Å²) in [5, 5.41) is 4.90. The van der Waals surface area contributed by atoms with Gasteiger partial charge in [0, 0.05) is 6.54 Å². The second-order valence-electron chi connectivity index (χ2n) is 3.29. The van der Waals surface area contributed by atoms with Crippen LogP contribution in [-0.2, 0) is 20.2 Å². The predicted octanol–water partition coefficient (Wildman–Crippen LogP) is -0.261. The molecule has 0 aliphatic heterocycles. The average Bonchev–Trinajstić information content (AvgIpc) is 2.14. The van der Waals surface area contributed by atoms with E-state index in [0.29, 0.717) is 0 Å². The van der Waals surface area contributed by atoms with E-state index in [1.165, 1.54) is 6.92 Å². The Bertz CT molecular complexity index is 642. The van der Waals surface area contributed by atoms with Crippen LogP contribution in [0.15, 0.2) is 23.1 Å². The number of hydrogen-bond acceptors (Lipinski definition) is 4. The number of nitrogens with one attached hydrogen (secondary N) is 2. The van der Waals surface area contributed by atoms with Crippen molar-refractivity contribution in [2.75, 3.05) is 11.3 Å². The van der Waals surface area contributed by atoms with Gasteiger partial charge in [-0.25, -0.2) is 17.9 Å². The molecule has 0 bridgehead atoms. The van der Waals surface area contributed by atoms with Gasteiger partial charge in [-0.1, -0.05) is 6.92 Å². The quantitative estimate of drug-likeness (QED) is 0.693. The summed E-state index contributed by atoms with van der Waals surface area (Å²) >= 11 is 0. The molecule has 1 aromatic carbocycles. The Morgan fingerprint density at radius 2 is 1.89 bits per heavy atom. The molecule has 0 amide bonds. The molecule has 10 heteroatoms. The number of hydrogen-bond donors (Lipinski definition) is 3. The lowest BCUT2D eigenvalue weighted by atomic mass is 10.3. The Hall–Kier alpha value is -1.23. The monoisotopic (exact) mass is 297 g/mol. The maximum Gasteiger partial charge on any atom is 0.299 e. The molecule has 0 atom stereocenters. The summed E-state index contributed by atoms with van der Waals surface area (Å²) in [5.74, 6) is -0.795. The number of halogens is 1. The van der Waals surface area contributed by atoms with E-state index in [1.807, 2.05) is 4.72 Å². The molecule has 0 saturated heterocycles. The number of anilines is 1. The summed E-state index contributed by atoms with van der Waals surface area (Å²) in [7, 11) is -8.13. The molecule has 0 saturated carbocycles. The summed E-state index contributed by atoms with van der Waals surface area (Å²) < 4.78 is 62.2. The highest BCUT2D eigenvalue weighted by Gasteiger charge is 2.18. The molecular weight excluding hydrogens is 285 g/mol. The molecule has 0 spiro atoms. The fourth-order valence-electron chi connectivity index (χ4n) is 1.20. The standard InChI is InChI=1S/C8H12FN3O4S2/c1-2-11-18(15,16)12-7-5-6(9)3-4-8(7)17(10,13)14/h3-5,11-12H,2H2,1H3,(H2,10,13,14). The van der Waals surface area contributed by atoms with E-state index >= 15 is 0 Å². The van der Waals surface area contributed by atoms with Crippen LogP contribution in [0, 0.1) is 5.82 Å². The Morgan fingerprint density at radius 3 is 2.39 bits per heavy atom. The van der Waals surface area contributed by atoms with E-state index in [9.17, 15) is 21.2 Å². The molecule has 1 rings (SSSR count). The molecule has 0 aliphatic carbocycles. The first-order chi connectivity index (χ1) is 8.15. The van der Waals surface area contributed by atoms with Gasteiger partial charge in [-0.3, -0.25) is 4.72 Å². The van der Waals surface area contributed by atoms with E-state index in [0.717, 1.165) is 18.2 Å². The SMILES string of the molecule is CCNS(=O)(=O)Nc1cc(F)ccc1S(N)(=O)=O. The summed E-state index contributed by atoms with van der Waals surface area (Å²) in [4.78, 5) is -0.509. The third-order valence-corrected chi connectivity index (χ3v) is 3.95. The molecule has 1 aromatic rings. The number of benzene rings is 1. The summed E-state index contributed by atoms with van der Waals surface area (Å²) in [6, 6.07) is 2.48. The van der Waals surface area contributed by atoms with Crippen LogP contribution in [0.3, 0.4) is 0 Å². The third kappa shape index (κ3) is 3.91. The maximum absolute atomic E-state index is 13.0. The molecule has 4 N–H and O–H groups in total. The average molecular weight is 297 g/mol. The van der Waals surface area contributed by atoms with E-state index in [-0.39, 0.29) is 6.54 Å². The molecule has 18 heavy (non-hydrogen) atoms. The topological polar surface area (TPSA) is 118 Å². The van der Waals surface area contributed by atoms with Crippen molar-refractivity contribution in [3.63, 3.8) is 0 Å². The lowest BCUT2D eigenvalue weighted by molar-refractivity contribution is 0.589. The molecule has 0 fully saturated rings. The second-order valence-corrected chi connectivity index (χ2v) is 6.32. The van der Waals surface area contributed by atoms with Crippen LogP contribution >= 0.6 is 0 Å². The van der Waals surface area contributed by atoms with Gasteiger partial charge in [-0.2, -0.15) is 13.1 Å². The van der Waals surface area contributed by atoms with Crippen molar-refractivity contribution in [2.24, 2.45) is 5.14 Å². The van der Waals surface area contributed by atoms with Crippen molar-refractivity contribution < 1.29 is 21.2 Å². The number of primary sulfonamides is 1. The van der Waals surface area contributed by atoms with Crippen molar-refractivity contribution in [3.05, 3.63) is 24.0 Å². The summed E-state index contributed by atoms with van der Waals surface area (Å²) in [6.07, 6.45) is 0. The smallest absolute Gasteiger partial charge is 0.270 e. The van der Waals surface area contributed by atoms with Crippen LogP contribution < -0.4 is 14.6 Å². The van der Waals surface area contributed by atoms with Crippen LogP contribution in [0.25, 0.3) is 0 Å². The molecule has 0 aromatic heterocycles. The van der Waals surface area contributed by atoms with Crippen molar-refractivity contribution in [3.8, 4) is 0 Å². The van der Waals surface area contributed by atoms with E-state index < -0.39 is 36.6 Å². The first-order valence-electron chi connectivity index (χ1n) is 4.75. The second kappa shape index (κ2) is 5.18. The highest BCUT2D eigenvalue weighted by Crippen LogP contribution is 2.21. The van der Waals surface area contributed by atoms with Gasteiger partial charge in [0.15, 0.2) is 0 Å². The molecule has 102 valence electrons. The number of nitrogens with two attached hydrogens (primary N) is 1. The van der Waals surface area contributed by atoms with Gasteiger partial charge in [0.2, 0.25) is 10.0 Å². The lowest BCUT2D eigenvalue weighted by Gasteiger charge is -2.11. The Labute approximate surface area is 104 Å². The molecular formula is C8H12FN3O4S2. The van der Waals surface area contributed by atoms with Crippen LogP contribution in [-0.4, -0.2) is 23.4 Å². The summed E-state index contributed by atoms with van der Waals surface area (Å²) in [6.45, 7) is 1.63. The van der Waals surface area contributed by atoms with Crippen LogP contribution in [0.5, 0.6) is 0 Å². The molecule has 0 aliphatic rings. The zero-order valence-electron chi connectivity index (χ0n) is 9.34. The minimum absolute atomic E-state index is 0.0926. The highest BCUT2D eigenvalue weighted by atomic mass is 32.2. The predicted molar refractivity (Wildman–Crippen MR) is 64.0 cm³/mol. The van der Waals surface area contributed by atoms with Crippen LogP contribution in [0.4, 0.5) is 10.1 Å². The summed E-state index contributed by atoms with van der Waals surface area (Å²) in [5.41, 5.74) is -0.446. The van der Waals surface area contributed by atoms with Gasteiger partial charge >= 0.3 is 0 Å². The van der Waals surface area contributed by atoms with Gasteiger partial charge in [-0.05, 0) is 18.2 Å². The minimum atomic E-state index is -4.16. The fraction of sp³-hybridized carbons (Fsp3) is 0.250. The molecule has 7 nitrogen and oxygen atoms in total. The Kier molecular flexibility index (Phi) is 4.27. The first-order valence-corrected chi connectivity index (χ1v) is 7.78. The largest absolute Gasteiger partial charge is 0.299 e. The first kappa shape index (κ1) is 14.8. The van der Waals surface area contributed by atoms with Gasteiger partial charge in [0.05, 0.1) is 5.69 Å². The van der Waals surface area contributed by atoms with Crippen LogP contribution in [0.1, 0.15) is 6.92 Å². The highest BCUT2D eigenvalue weighted by molar-refractivity contribution is 7.91. The minimum Gasteiger partial charge on any atom is -0.270 e. The van der Waals surface area contributed by atoms with Gasteiger partial charge < -0.3 is 0 Å². The van der Waals surface area contributed by atoms with E-state index in [4.69, 9.17) is 5.14 Å². The van der Waals surface area contributed by atoms with Crippen molar-refractivity contribution >= 4 is 25.9 Å². The zero-order valence-corrected chi connectivity index (χ0v) is 11.0. The Morgan fingerprint density at radius 1 is 1.28 bits per heavy atom. The van der Waals surface area contributed by atoms with Crippen molar-refractivity contribution in [1.82, 2.24) is 4.72 Å². The van der Waals surface area contributed by atoms with Gasteiger partial charge in [0.1, 0.15) is 10.7 Å². The van der Waals surface area contributed by atoms with E-state index in [2.05, 4.69) is 4.72 Å². The normalized spacial score (nSPS) is 12.4. The van der Waals surface area contributed by atoms with Gasteiger partial charge in [0.25, 0.3) is 10.2 Å². The molecule has 0 unspecified atom stereocenters. The fourth-order valence-corrected chi connectivity index (χ4v) is 2.85. The number of sulfonamides is 1. The lowest BCUT2D eigenvalue weighted by Crippen LogP contribution is -2.30. The van der Waals surface area contributed by atoms with Gasteiger partial charge in [-0.15, -0.1) is 0 Å². The molecule has 0 radical (unpaired) electrons. The van der Waals surface area contributed by atoms with Crippen LogP contribution in [0.2, 0.25) is 0 Å².